The van der Waals surface area contributed by atoms with E-state index in [1.165, 1.54) is 7.11 Å². The van der Waals surface area contributed by atoms with Crippen molar-refractivity contribution in [2.24, 2.45) is 4.99 Å². The van der Waals surface area contributed by atoms with Gasteiger partial charge in [-0.15, -0.1) is 0 Å². The summed E-state index contributed by atoms with van der Waals surface area (Å²) in [5.74, 6) is 2.31. The van der Waals surface area contributed by atoms with E-state index in [2.05, 4.69) is 48.8 Å². The molecule has 1 saturated heterocycles. The Labute approximate surface area is 170 Å². The number of ether oxygens (including phenoxy) is 2. The molecule has 1 aromatic rings. The smallest absolute Gasteiger partial charge is 0.413 e. The number of anilines is 1. The highest BCUT2D eigenvalue weighted by Crippen LogP contribution is 2.19. The van der Waals surface area contributed by atoms with Gasteiger partial charge in [0.05, 0.1) is 13.7 Å². The summed E-state index contributed by atoms with van der Waals surface area (Å²) >= 11 is 0. The third-order valence-corrected chi connectivity index (χ3v) is 4.50. The molecular formula is C20H26N6O3. The van der Waals surface area contributed by atoms with Crippen LogP contribution in [-0.2, 0) is 4.74 Å². The number of nitrogens with zero attached hydrogens (tertiary/aromatic N) is 4. The summed E-state index contributed by atoms with van der Waals surface area (Å²) in [6.07, 6.45) is 4.63. The summed E-state index contributed by atoms with van der Waals surface area (Å²) in [6.45, 7) is 8.12. The van der Waals surface area contributed by atoms with Gasteiger partial charge in [0.15, 0.2) is 0 Å². The van der Waals surface area contributed by atoms with Crippen molar-refractivity contribution in [2.45, 2.75) is 0 Å². The van der Waals surface area contributed by atoms with E-state index in [1.54, 1.807) is 12.2 Å². The van der Waals surface area contributed by atoms with Crippen LogP contribution in [-0.4, -0.2) is 68.8 Å². The zero-order chi connectivity index (χ0) is 20.6. The van der Waals surface area contributed by atoms with Crippen molar-refractivity contribution in [2.75, 3.05) is 51.8 Å². The number of allylic oxidation sites excluding steroid dienone is 3. The Morgan fingerprint density at radius 1 is 1.31 bits per heavy atom. The topological polar surface area (TPSA) is 91.3 Å². The van der Waals surface area contributed by atoms with Gasteiger partial charge in [-0.3, -0.25) is 5.32 Å². The predicted octanol–water partition coefficient (Wildman–Crippen LogP) is 1.48. The molecule has 29 heavy (non-hydrogen) atoms. The van der Waals surface area contributed by atoms with E-state index in [9.17, 15) is 4.79 Å². The number of carbonyl (C=O) groups is 1. The molecule has 9 heteroatoms. The van der Waals surface area contributed by atoms with Crippen molar-refractivity contribution in [1.82, 2.24) is 20.5 Å². The fourth-order valence-corrected chi connectivity index (χ4v) is 2.83. The van der Waals surface area contributed by atoms with Crippen molar-refractivity contribution >= 4 is 17.9 Å². The molecule has 2 aliphatic heterocycles. The molecule has 1 amide bonds. The molecule has 3 heterocycles. The van der Waals surface area contributed by atoms with Crippen LogP contribution in [0.3, 0.4) is 0 Å². The fourth-order valence-electron chi connectivity index (χ4n) is 2.83. The molecular weight excluding hydrogens is 372 g/mol. The third kappa shape index (κ3) is 5.82. The first kappa shape index (κ1) is 20.4. The molecule has 0 aliphatic carbocycles. The van der Waals surface area contributed by atoms with Crippen molar-refractivity contribution in [1.29, 1.82) is 0 Å². The highest BCUT2D eigenvalue weighted by molar-refractivity contribution is 5.96. The summed E-state index contributed by atoms with van der Waals surface area (Å²) in [4.78, 5) is 24.6. The fraction of sp³-hybridized carbons (Fsp3) is 0.350. The van der Waals surface area contributed by atoms with Crippen LogP contribution in [0.1, 0.15) is 0 Å². The normalized spacial score (nSPS) is 18.8. The lowest BCUT2D eigenvalue weighted by molar-refractivity contribution is 0.176. The van der Waals surface area contributed by atoms with Crippen LogP contribution in [0.2, 0.25) is 0 Å². The van der Waals surface area contributed by atoms with Crippen LogP contribution in [0.15, 0.2) is 59.5 Å². The van der Waals surface area contributed by atoms with E-state index in [-0.39, 0.29) is 0 Å². The van der Waals surface area contributed by atoms with Crippen LogP contribution in [0.4, 0.5) is 10.6 Å². The second kappa shape index (κ2) is 9.74. The Morgan fingerprint density at radius 3 is 2.83 bits per heavy atom. The maximum Gasteiger partial charge on any atom is 0.413 e. The zero-order valence-corrected chi connectivity index (χ0v) is 16.7. The Morgan fingerprint density at radius 2 is 2.10 bits per heavy atom. The maximum atomic E-state index is 11.2. The van der Waals surface area contributed by atoms with Crippen LogP contribution in [0.5, 0.6) is 5.88 Å². The maximum absolute atomic E-state index is 11.2. The van der Waals surface area contributed by atoms with Gasteiger partial charge in [0, 0.05) is 37.9 Å². The van der Waals surface area contributed by atoms with Gasteiger partial charge >= 0.3 is 6.09 Å². The first-order chi connectivity index (χ1) is 14.1. The minimum Gasteiger partial charge on any atom is -0.453 e. The molecule has 1 fully saturated rings. The number of carbonyl (C=O) groups excluding carboxylic acids is 1. The number of amides is 1. The highest BCUT2D eigenvalue weighted by atomic mass is 16.5. The molecule has 0 radical (unpaired) electrons. The van der Waals surface area contributed by atoms with Crippen LogP contribution in [0, 0.1) is 0 Å². The Kier molecular flexibility index (Phi) is 6.85. The first-order valence-corrected chi connectivity index (χ1v) is 9.35. The number of pyridine rings is 1. The molecule has 0 aromatic carbocycles. The molecule has 0 bridgehead atoms. The molecule has 1 aromatic heterocycles. The van der Waals surface area contributed by atoms with Gasteiger partial charge in [0.25, 0.3) is 0 Å². The molecule has 2 N–H and O–H groups in total. The quantitative estimate of drug-likeness (QED) is 0.573. The largest absolute Gasteiger partial charge is 0.453 e. The van der Waals surface area contributed by atoms with Crippen LogP contribution >= 0.6 is 0 Å². The van der Waals surface area contributed by atoms with E-state index in [1.807, 2.05) is 24.3 Å². The first-order valence-electron chi connectivity index (χ1n) is 9.35. The Hall–Kier alpha value is -3.33. The van der Waals surface area contributed by atoms with E-state index in [4.69, 9.17) is 4.74 Å². The predicted molar refractivity (Wildman–Crippen MR) is 112 cm³/mol. The van der Waals surface area contributed by atoms with Gasteiger partial charge in [-0.1, -0.05) is 12.6 Å². The number of rotatable bonds is 5. The second-order valence-corrected chi connectivity index (χ2v) is 6.60. The van der Waals surface area contributed by atoms with Crippen LogP contribution in [0.25, 0.3) is 0 Å². The average molecular weight is 398 g/mol. The second-order valence-electron chi connectivity index (χ2n) is 6.60. The average Bonchev–Trinajstić information content (AvgIpc) is 3.19. The zero-order valence-electron chi connectivity index (χ0n) is 16.7. The summed E-state index contributed by atoms with van der Waals surface area (Å²) in [7, 11) is 3.42. The monoisotopic (exact) mass is 398 g/mol. The molecule has 3 rings (SSSR count). The molecule has 0 unspecified atom stereocenters. The number of hydrogen-bond acceptors (Lipinski definition) is 8. The number of aromatic nitrogens is 1. The Balaban J connectivity index is 1.61. The number of guanidine groups is 1. The number of likely N-dealkylation sites (N-methyl/N-ethyl adjacent to an activating group) is 1. The van der Waals surface area contributed by atoms with Gasteiger partial charge in [0.1, 0.15) is 11.6 Å². The van der Waals surface area contributed by atoms with E-state index >= 15 is 0 Å². The van der Waals surface area contributed by atoms with Gasteiger partial charge in [-0.2, -0.15) is 4.98 Å². The Bertz CT molecular complexity index is 840. The molecule has 0 saturated carbocycles. The summed E-state index contributed by atoms with van der Waals surface area (Å²) in [5, 5.41) is 5.48. The number of nitrogens with one attached hydrogen (secondary N) is 2. The summed E-state index contributed by atoms with van der Waals surface area (Å²) in [5.41, 5.74) is 0.804. The van der Waals surface area contributed by atoms with E-state index < -0.39 is 6.09 Å². The number of methoxy groups -OCH3 is 1. The molecule has 9 nitrogen and oxygen atoms in total. The minimum atomic E-state index is -0.575. The number of alkyl carbamates (subject to hydrolysis) is 1. The van der Waals surface area contributed by atoms with Gasteiger partial charge in [0.2, 0.25) is 11.8 Å². The van der Waals surface area contributed by atoms with E-state index in [0.29, 0.717) is 24.1 Å². The lowest BCUT2D eigenvalue weighted by Gasteiger charge is -2.33. The van der Waals surface area contributed by atoms with Gasteiger partial charge < -0.3 is 24.6 Å². The lowest BCUT2D eigenvalue weighted by atomic mass is 10.3. The lowest BCUT2D eigenvalue weighted by Crippen LogP contribution is -2.44. The number of piperazine rings is 1. The SMILES string of the molecule is C=C/C(=C\C=C1/CN=C(NC(=O)OC)N1)Oc1cccc(N2CCN(C)CC2)n1. The minimum absolute atomic E-state index is 0.346. The van der Waals surface area contributed by atoms with Gasteiger partial charge in [-0.05, 0) is 31.3 Å². The third-order valence-electron chi connectivity index (χ3n) is 4.50. The summed E-state index contributed by atoms with van der Waals surface area (Å²) < 4.78 is 10.4. The standard InChI is InChI=1S/C20H26N6O3/c1-4-16(9-8-15-14-21-19(22-15)24-20(27)28-3)29-18-7-5-6-17(23-18)26-12-10-25(2)11-13-26/h4-9H,1,10-14H2,2-3H3,(H2,21,22,24,27)/b15-8+,16-9+. The molecule has 2 aliphatic rings. The summed E-state index contributed by atoms with van der Waals surface area (Å²) in [6, 6.07) is 5.75. The molecule has 154 valence electrons. The number of hydrogen-bond donors (Lipinski definition) is 2. The van der Waals surface area contributed by atoms with Crippen molar-refractivity contribution < 1.29 is 14.3 Å². The molecule has 0 spiro atoms. The van der Waals surface area contributed by atoms with Gasteiger partial charge in [-0.25, -0.2) is 9.79 Å². The highest BCUT2D eigenvalue weighted by Gasteiger charge is 2.16. The molecule has 0 atom stereocenters. The van der Waals surface area contributed by atoms with Crippen LogP contribution < -0.4 is 20.3 Å². The van der Waals surface area contributed by atoms with Crippen molar-refractivity contribution in [3.05, 3.63) is 54.5 Å². The van der Waals surface area contributed by atoms with Crippen molar-refractivity contribution in [3.63, 3.8) is 0 Å². The van der Waals surface area contributed by atoms with E-state index in [0.717, 1.165) is 37.7 Å². The number of aliphatic imine (C=N–C) groups is 1. The van der Waals surface area contributed by atoms with Crippen molar-refractivity contribution in [3.8, 4) is 5.88 Å².